The number of H-pyrrole nitrogens is 1. The van der Waals surface area contributed by atoms with E-state index in [1.54, 1.807) is 6.92 Å². The number of hydrogen-bond donors (Lipinski definition) is 3. The van der Waals surface area contributed by atoms with Gasteiger partial charge in [0.2, 0.25) is 0 Å². The first-order chi connectivity index (χ1) is 7.04. The van der Waals surface area contributed by atoms with Crippen molar-refractivity contribution in [2.24, 2.45) is 5.73 Å². The van der Waals surface area contributed by atoms with Crippen LogP contribution < -0.4 is 5.73 Å². The van der Waals surface area contributed by atoms with E-state index < -0.39 is 6.43 Å². The van der Waals surface area contributed by atoms with Gasteiger partial charge in [0, 0.05) is 24.0 Å². The molecule has 4 N–H and O–H groups in total. The minimum absolute atomic E-state index is 0.288. The zero-order valence-corrected chi connectivity index (χ0v) is 8.22. The third-order valence-electron chi connectivity index (χ3n) is 1.94. The average Bonchev–Trinajstić information content (AvgIpc) is 2.61. The molecular weight excluding hydrogens is 202 g/mol. The molecule has 4 nitrogen and oxygen atoms in total. The molecule has 6 heteroatoms. The number of aromatic nitrogens is 2. The number of nitrogens with two attached hydrogens (primary N) is 1. The van der Waals surface area contributed by atoms with Gasteiger partial charge in [-0.3, -0.25) is 5.10 Å². The fraction of sp³-hybridized carbons (Fsp3) is 0.333. The molecule has 0 unspecified atom stereocenters. The van der Waals surface area contributed by atoms with E-state index in [1.807, 2.05) is 0 Å². The molecule has 0 fully saturated rings. The molecule has 0 aliphatic rings. The maximum atomic E-state index is 12.2. The SMILES string of the molecule is CC(N)=C(C=N)Cc1cc(C(F)F)n[nH]1. The van der Waals surface area contributed by atoms with Gasteiger partial charge in [-0.1, -0.05) is 0 Å². The minimum atomic E-state index is -2.58. The Morgan fingerprint density at radius 1 is 1.73 bits per heavy atom. The summed E-state index contributed by atoms with van der Waals surface area (Å²) in [5, 5.41) is 13.0. The highest BCUT2D eigenvalue weighted by Crippen LogP contribution is 2.17. The van der Waals surface area contributed by atoms with Crippen LogP contribution in [0.5, 0.6) is 0 Å². The predicted molar refractivity (Wildman–Crippen MR) is 52.9 cm³/mol. The van der Waals surface area contributed by atoms with Gasteiger partial charge in [-0.25, -0.2) is 8.78 Å². The Morgan fingerprint density at radius 3 is 2.80 bits per heavy atom. The van der Waals surface area contributed by atoms with E-state index >= 15 is 0 Å². The molecule has 0 radical (unpaired) electrons. The quantitative estimate of drug-likeness (QED) is 0.668. The first kappa shape index (κ1) is 11.4. The maximum absolute atomic E-state index is 12.2. The number of halogens is 2. The van der Waals surface area contributed by atoms with Crippen LogP contribution in [0, 0.1) is 5.41 Å². The first-order valence-electron chi connectivity index (χ1n) is 4.32. The highest BCUT2D eigenvalue weighted by molar-refractivity contribution is 5.77. The van der Waals surface area contributed by atoms with Crippen molar-refractivity contribution in [3.05, 3.63) is 28.7 Å². The molecule has 15 heavy (non-hydrogen) atoms. The largest absolute Gasteiger partial charge is 0.402 e. The van der Waals surface area contributed by atoms with Gasteiger partial charge in [0.05, 0.1) is 0 Å². The summed E-state index contributed by atoms with van der Waals surface area (Å²) in [5.74, 6) is 0. The summed E-state index contributed by atoms with van der Waals surface area (Å²) in [5.41, 5.74) is 6.82. The van der Waals surface area contributed by atoms with E-state index in [0.29, 0.717) is 23.4 Å². The highest BCUT2D eigenvalue weighted by Gasteiger charge is 2.12. The standard InChI is InChI=1S/C9H12F2N4/c1-5(13)6(4-12)2-7-3-8(9(10)11)15-14-7/h3-4,9,12H,2,13H2,1H3,(H,14,15). The van der Waals surface area contributed by atoms with Crippen LogP contribution in [0.2, 0.25) is 0 Å². The van der Waals surface area contributed by atoms with Crippen molar-refractivity contribution in [1.82, 2.24) is 10.2 Å². The molecule has 0 saturated carbocycles. The van der Waals surface area contributed by atoms with Crippen molar-refractivity contribution >= 4 is 6.21 Å². The fourth-order valence-corrected chi connectivity index (χ4v) is 1.09. The van der Waals surface area contributed by atoms with E-state index in [1.165, 1.54) is 6.07 Å². The number of allylic oxidation sites excluding steroid dienone is 2. The van der Waals surface area contributed by atoms with Gasteiger partial charge < -0.3 is 11.1 Å². The van der Waals surface area contributed by atoms with Gasteiger partial charge in [0.1, 0.15) is 5.69 Å². The van der Waals surface area contributed by atoms with E-state index in [2.05, 4.69) is 10.2 Å². The van der Waals surface area contributed by atoms with Crippen molar-refractivity contribution in [3.63, 3.8) is 0 Å². The molecule has 1 heterocycles. The van der Waals surface area contributed by atoms with Gasteiger partial charge in [-0.2, -0.15) is 5.10 Å². The summed E-state index contributed by atoms with van der Waals surface area (Å²) in [4.78, 5) is 0. The topological polar surface area (TPSA) is 78.6 Å². The number of hydrogen-bond acceptors (Lipinski definition) is 3. The summed E-state index contributed by atoms with van der Waals surface area (Å²) in [6, 6.07) is 1.27. The lowest BCUT2D eigenvalue weighted by Crippen LogP contribution is -2.02. The van der Waals surface area contributed by atoms with Crippen LogP contribution >= 0.6 is 0 Å². The summed E-state index contributed by atoms with van der Waals surface area (Å²) >= 11 is 0. The van der Waals surface area contributed by atoms with Crippen LogP contribution in [0.4, 0.5) is 8.78 Å². The Hall–Kier alpha value is -1.72. The van der Waals surface area contributed by atoms with Crippen molar-refractivity contribution < 1.29 is 8.78 Å². The maximum Gasteiger partial charge on any atom is 0.282 e. The van der Waals surface area contributed by atoms with Crippen molar-refractivity contribution in [1.29, 1.82) is 5.41 Å². The molecule has 0 atom stereocenters. The van der Waals surface area contributed by atoms with Gasteiger partial charge in [-0.05, 0) is 18.6 Å². The molecule has 0 saturated heterocycles. The Balaban J connectivity index is 2.81. The summed E-state index contributed by atoms with van der Waals surface area (Å²) in [7, 11) is 0. The van der Waals surface area contributed by atoms with E-state index in [9.17, 15) is 8.78 Å². The van der Waals surface area contributed by atoms with Crippen LogP contribution in [0.1, 0.15) is 24.7 Å². The van der Waals surface area contributed by atoms with Crippen molar-refractivity contribution in [2.45, 2.75) is 19.8 Å². The average molecular weight is 214 g/mol. The van der Waals surface area contributed by atoms with Crippen molar-refractivity contribution in [2.75, 3.05) is 0 Å². The monoisotopic (exact) mass is 214 g/mol. The molecule has 1 aromatic rings. The molecule has 1 aromatic heterocycles. The van der Waals surface area contributed by atoms with Crippen LogP contribution in [0.3, 0.4) is 0 Å². The number of nitrogens with zero attached hydrogens (tertiary/aromatic N) is 1. The van der Waals surface area contributed by atoms with Gasteiger partial charge in [0.15, 0.2) is 0 Å². The normalized spacial score (nSPS) is 12.8. The molecule has 1 rings (SSSR count). The first-order valence-corrected chi connectivity index (χ1v) is 4.32. The Labute approximate surface area is 85.7 Å². The third kappa shape index (κ3) is 2.87. The zero-order chi connectivity index (χ0) is 11.4. The second-order valence-corrected chi connectivity index (χ2v) is 3.15. The third-order valence-corrected chi connectivity index (χ3v) is 1.94. The van der Waals surface area contributed by atoms with Gasteiger partial charge in [0.25, 0.3) is 6.43 Å². The van der Waals surface area contributed by atoms with Crippen LogP contribution in [-0.2, 0) is 6.42 Å². The number of nitrogens with one attached hydrogen (secondary N) is 2. The van der Waals surface area contributed by atoms with Crippen molar-refractivity contribution in [3.8, 4) is 0 Å². The summed E-state index contributed by atoms with van der Waals surface area (Å²) < 4.78 is 24.4. The second-order valence-electron chi connectivity index (χ2n) is 3.15. The lowest BCUT2D eigenvalue weighted by Gasteiger charge is -2.00. The van der Waals surface area contributed by atoms with E-state index in [4.69, 9.17) is 11.1 Å². The lowest BCUT2D eigenvalue weighted by molar-refractivity contribution is 0.146. The smallest absolute Gasteiger partial charge is 0.282 e. The molecule has 0 aromatic carbocycles. The van der Waals surface area contributed by atoms with E-state index in [0.717, 1.165) is 6.21 Å². The summed E-state index contributed by atoms with van der Waals surface area (Å²) in [6.45, 7) is 1.66. The van der Waals surface area contributed by atoms with Crippen LogP contribution in [-0.4, -0.2) is 16.4 Å². The van der Waals surface area contributed by atoms with Crippen LogP contribution in [0.15, 0.2) is 17.3 Å². The van der Waals surface area contributed by atoms with Gasteiger partial charge in [-0.15, -0.1) is 0 Å². The molecule has 0 amide bonds. The Morgan fingerprint density at radius 2 is 2.40 bits per heavy atom. The molecular formula is C9H12F2N4. The predicted octanol–water partition coefficient (Wildman–Crippen LogP) is 1.77. The van der Waals surface area contributed by atoms with E-state index in [-0.39, 0.29) is 5.69 Å². The molecule has 0 spiro atoms. The van der Waals surface area contributed by atoms with Crippen LogP contribution in [0.25, 0.3) is 0 Å². The lowest BCUT2D eigenvalue weighted by atomic mass is 10.1. The molecule has 0 bridgehead atoms. The Kier molecular flexibility index (Phi) is 3.54. The Bertz CT molecular complexity index is 377. The molecule has 0 aliphatic carbocycles. The number of rotatable bonds is 4. The fourth-order valence-electron chi connectivity index (χ4n) is 1.09. The van der Waals surface area contributed by atoms with Gasteiger partial charge >= 0.3 is 0 Å². The number of aromatic amines is 1. The zero-order valence-electron chi connectivity index (χ0n) is 8.22. The minimum Gasteiger partial charge on any atom is -0.402 e. The number of alkyl halides is 2. The summed E-state index contributed by atoms with van der Waals surface area (Å²) in [6.07, 6.45) is -1.16. The molecule has 82 valence electrons. The second kappa shape index (κ2) is 4.68. The highest BCUT2D eigenvalue weighted by atomic mass is 19.3. The molecule has 0 aliphatic heterocycles.